The summed E-state index contributed by atoms with van der Waals surface area (Å²) in [5.74, 6) is 0.726. The van der Waals surface area contributed by atoms with E-state index >= 15 is 0 Å². The van der Waals surface area contributed by atoms with Crippen molar-refractivity contribution in [3.63, 3.8) is 0 Å². The molecule has 0 atom stereocenters. The number of hydrogen-bond donors (Lipinski definition) is 3. The number of nitrogens with two attached hydrogens (primary N) is 1. The molecule has 0 spiro atoms. The molecule has 4 nitrogen and oxygen atoms in total. The van der Waals surface area contributed by atoms with Crippen LogP contribution in [-0.2, 0) is 0 Å². The monoisotopic (exact) mass is 212 g/mol. The molecule has 0 aromatic heterocycles. The zero-order chi connectivity index (χ0) is 10.4. The second-order valence-electron chi connectivity index (χ2n) is 2.64. The summed E-state index contributed by atoms with van der Waals surface area (Å²) in [5, 5.41) is 2.43. The number of benzene rings is 1. The van der Waals surface area contributed by atoms with Gasteiger partial charge in [0.2, 0.25) is 0 Å². The van der Waals surface area contributed by atoms with Gasteiger partial charge in [-0.25, -0.2) is 4.79 Å². The fourth-order valence-corrected chi connectivity index (χ4v) is 1.13. The van der Waals surface area contributed by atoms with Crippen molar-refractivity contribution in [3.05, 3.63) is 24.3 Å². The molecule has 0 heterocycles. The maximum atomic E-state index is 10.3. The molecule has 0 aliphatic carbocycles. The third-order valence-electron chi connectivity index (χ3n) is 1.49. The highest BCUT2D eigenvalue weighted by Crippen LogP contribution is 2.15. The molecule has 1 aromatic carbocycles. The molecular weight excluding hydrogens is 200 g/mol. The van der Waals surface area contributed by atoms with Crippen LogP contribution in [0.5, 0.6) is 5.75 Å². The van der Waals surface area contributed by atoms with Gasteiger partial charge in [-0.3, -0.25) is 0 Å². The van der Waals surface area contributed by atoms with E-state index in [9.17, 15) is 4.79 Å². The topological polar surface area (TPSA) is 64.4 Å². The second kappa shape index (κ2) is 5.39. The Morgan fingerprint density at radius 1 is 1.57 bits per heavy atom. The van der Waals surface area contributed by atoms with Crippen molar-refractivity contribution < 1.29 is 9.53 Å². The average molecular weight is 212 g/mol. The van der Waals surface area contributed by atoms with Gasteiger partial charge in [0.1, 0.15) is 12.4 Å². The number of hydrogen-bond acceptors (Lipinski definition) is 3. The minimum absolute atomic E-state index is 0.389. The van der Waals surface area contributed by atoms with E-state index in [1.54, 1.807) is 6.07 Å². The molecular formula is C9H12N2O2S. The summed E-state index contributed by atoms with van der Waals surface area (Å²) in [7, 11) is 0. The normalized spacial score (nSPS) is 9.50. The Kier molecular flexibility index (Phi) is 4.12. The molecule has 0 saturated heterocycles. The van der Waals surface area contributed by atoms with E-state index in [2.05, 4.69) is 17.9 Å². The summed E-state index contributed by atoms with van der Waals surface area (Å²) in [6, 6.07) is 6.78. The van der Waals surface area contributed by atoms with Crippen LogP contribution in [0, 0.1) is 0 Å². The van der Waals surface area contributed by atoms with Crippen LogP contribution >= 0.6 is 12.6 Å². The lowest BCUT2D eigenvalue weighted by Gasteiger charge is -2.06. The highest BCUT2D eigenvalue weighted by atomic mass is 32.1. The Hall–Kier alpha value is -1.36. The van der Waals surface area contributed by atoms with Gasteiger partial charge in [0.25, 0.3) is 0 Å². The van der Waals surface area contributed by atoms with Crippen LogP contribution in [0.25, 0.3) is 0 Å². The number of primary amides is 1. The van der Waals surface area contributed by atoms with Crippen LogP contribution in [0.1, 0.15) is 0 Å². The summed E-state index contributed by atoms with van der Waals surface area (Å²) < 4.78 is 5.32. The van der Waals surface area contributed by atoms with Crippen molar-refractivity contribution in [1.29, 1.82) is 0 Å². The Morgan fingerprint density at radius 3 is 3.00 bits per heavy atom. The number of nitrogens with one attached hydrogen (secondary N) is 1. The van der Waals surface area contributed by atoms with Gasteiger partial charge < -0.3 is 15.8 Å². The molecule has 0 radical (unpaired) electrons. The Balaban J connectivity index is 2.28. The van der Waals surface area contributed by atoms with Crippen molar-refractivity contribution >= 4 is 18.7 Å². The first-order chi connectivity index (χ1) is 6.68. The Bertz CT molecular complexity index is 317. The number of carbonyl (C=O) groups is 1. The van der Waals surface area contributed by atoms with Gasteiger partial charge in [-0.15, -0.1) is 12.6 Å². The van der Waals surface area contributed by atoms with Crippen molar-refractivity contribution in [2.75, 3.05) is 13.2 Å². The lowest BCUT2D eigenvalue weighted by molar-refractivity contribution is 0.244. The van der Waals surface area contributed by atoms with Crippen molar-refractivity contribution in [2.45, 2.75) is 4.90 Å². The number of urea groups is 1. The largest absolute Gasteiger partial charge is 0.492 e. The zero-order valence-electron chi connectivity index (χ0n) is 7.56. The molecule has 0 bridgehead atoms. The molecule has 14 heavy (non-hydrogen) atoms. The third-order valence-corrected chi connectivity index (χ3v) is 1.77. The molecule has 5 heteroatoms. The van der Waals surface area contributed by atoms with Crippen LogP contribution in [0.15, 0.2) is 29.2 Å². The quantitative estimate of drug-likeness (QED) is 0.515. The predicted octanol–water partition coefficient (Wildman–Crippen LogP) is 1.02. The SMILES string of the molecule is NC(=O)NCCOc1cccc(S)c1. The van der Waals surface area contributed by atoms with Gasteiger partial charge in [0, 0.05) is 4.90 Å². The van der Waals surface area contributed by atoms with Crippen molar-refractivity contribution in [2.24, 2.45) is 5.73 Å². The van der Waals surface area contributed by atoms with E-state index in [0.29, 0.717) is 13.2 Å². The predicted molar refractivity (Wildman–Crippen MR) is 56.8 cm³/mol. The smallest absolute Gasteiger partial charge is 0.312 e. The molecule has 3 N–H and O–H groups in total. The van der Waals surface area contributed by atoms with Crippen molar-refractivity contribution in [1.82, 2.24) is 5.32 Å². The summed E-state index contributed by atoms with van der Waals surface area (Å²) in [4.78, 5) is 11.1. The van der Waals surface area contributed by atoms with Crippen molar-refractivity contribution in [3.8, 4) is 5.75 Å². The van der Waals surface area contributed by atoms with Crippen LogP contribution in [0.3, 0.4) is 0 Å². The van der Waals surface area contributed by atoms with Gasteiger partial charge >= 0.3 is 6.03 Å². The first kappa shape index (κ1) is 10.7. The summed E-state index contributed by atoms with van der Waals surface area (Å²) in [6.45, 7) is 0.784. The van der Waals surface area contributed by atoms with Gasteiger partial charge in [-0.05, 0) is 18.2 Å². The van der Waals surface area contributed by atoms with Gasteiger partial charge in [0.05, 0.1) is 6.54 Å². The van der Waals surface area contributed by atoms with Crippen LogP contribution < -0.4 is 15.8 Å². The van der Waals surface area contributed by atoms with Crippen LogP contribution in [0.4, 0.5) is 4.79 Å². The van der Waals surface area contributed by atoms with Crippen LogP contribution in [-0.4, -0.2) is 19.2 Å². The molecule has 1 aromatic rings. The maximum absolute atomic E-state index is 10.3. The first-order valence-electron chi connectivity index (χ1n) is 4.13. The minimum atomic E-state index is -0.545. The van der Waals surface area contributed by atoms with E-state index in [1.807, 2.05) is 18.2 Å². The Morgan fingerprint density at radius 2 is 2.36 bits per heavy atom. The summed E-state index contributed by atoms with van der Waals surface area (Å²) in [5.41, 5.74) is 4.88. The molecule has 0 unspecified atom stereocenters. The summed E-state index contributed by atoms with van der Waals surface area (Å²) in [6.07, 6.45) is 0. The lowest BCUT2D eigenvalue weighted by atomic mass is 10.3. The van der Waals surface area contributed by atoms with Crippen LogP contribution in [0.2, 0.25) is 0 Å². The standard InChI is InChI=1S/C9H12N2O2S/c10-9(12)11-4-5-13-7-2-1-3-8(14)6-7/h1-3,6,14H,4-5H2,(H3,10,11,12). The first-order valence-corrected chi connectivity index (χ1v) is 4.58. The number of ether oxygens (including phenoxy) is 1. The highest BCUT2D eigenvalue weighted by molar-refractivity contribution is 7.80. The molecule has 0 saturated carbocycles. The minimum Gasteiger partial charge on any atom is -0.492 e. The highest BCUT2D eigenvalue weighted by Gasteiger charge is 1.94. The molecule has 0 fully saturated rings. The summed E-state index contributed by atoms with van der Waals surface area (Å²) >= 11 is 4.16. The van der Waals surface area contributed by atoms with E-state index in [4.69, 9.17) is 10.5 Å². The molecule has 76 valence electrons. The zero-order valence-corrected chi connectivity index (χ0v) is 8.46. The van der Waals surface area contributed by atoms with E-state index in [0.717, 1.165) is 10.6 Å². The van der Waals surface area contributed by atoms with E-state index in [1.165, 1.54) is 0 Å². The van der Waals surface area contributed by atoms with Gasteiger partial charge in [0.15, 0.2) is 0 Å². The van der Waals surface area contributed by atoms with E-state index in [-0.39, 0.29) is 0 Å². The van der Waals surface area contributed by atoms with E-state index < -0.39 is 6.03 Å². The number of amides is 2. The van der Waals surface area contributed by atoms with Gasteiger partial charge in [-0.1, -0.05) is 6.07 Å². The second-order valence-corrected chi connectivity index (χ2v) is 3.15. The third kappa shape index (κ3) is 4.04. The average Bonchev–Trinajstić information content (AvgIpc) is 2.12. The number of carbonyl (C=O) groups excluding carboxylic acids is 1. The molecule has 0 aliphatic rings. The molecule has 2 amide bonds. The lowest BCUT2D eigenvalue weighted by Crippen LogP contribution is -2.32. The molecule has 0 aliphatic heterocycles. The molecule has 1 rings (SSSR count). The Labute approximate surface area is 87.8 Å². The number of rotatable bonds is 4. The maximum Gasteiger partial charge on any atom is 0.312 e. The van der Waals surface area contributed by atoms with Gasteiger partial charge in [-0.2, -0.15) is 0 Å². The number of thiol groups is 1. The fraction of sp³-hybridized carbons (Fsp3) is 0.222. The fourth-order valence-electron chi connectivity index (χ4n) is 0.916.